The molecule has 7 nitrogen and oxygen atoms in total. The van der Waals surface area contributed by atoms with E-state index in [2.05, 4.69) is 25.1 Å². The first-order valence-electron chi connectivity index (χ1n) is 10.8. The largest absolute Gasteiger partial charge is 0.368 e. The monoisotopic (exact) mass is 465 g/mol. The van der Waals surface area contributed by atoms with Crippen LogP contribution in [0.2, 0.25) is 0 Å². The first kappa shape index (κ1) is 21.5. The Hall–Kier alpha value is -3.30. The van der Waals surface area contributed by atoms with Crippen LogP contribution in [0.4, 0.5) is 10.1 Å². The fourth-order valence-electron chi connectivity index (χ4n) is 4.50. The third-order valence-corrected chi connectivity index (χ3v) is 7.10. The van der Waals surface area contributed by atoms with Gasteiger partial charge in [-0.1, -0.05) is 0 Å². The Morgan fingerprint density at radius 3 is 2.73 bits per heavy atom. The number of aromatic nitrogens is 2. The van der Waals surface area contributed by atoms with Crippen LogP contribution in [-0.2, 0) is 6.54 Å². The summed E-state index contributed by atoms with van der Waals surface area (Å²) in [6, 6.07) is 8.89. The fourth-order valence-corrected chi connectivity index (χ4v) is 5.46. The van der Waals surface area contributed by atoms with Crippen LogP contribution in [0.25, 0.3) is 21.0 Å². The van der Waals surface area contributed by atoms with Gasteiger partial charge < -0.3 is 15.2 Å². The van der Waals surface area contributed by atoms with E-state index in [0.29, 0.717) is 33.2 Å². The molecule has 2 N–H and O–H groups in total. The minimum absolute atomic E-state index is 0.185. The van der Waals surface area contributed by atoms with E-state index >= 15 is 4.39 Å². The Kier molecular flexibility index (Phi) is 5.59. The summed E-state index contributed by atoms with van der Waals surface area (Å²) in [7, 11) is 1.59. The lowest BCUT2D eigenvalue weighted by atomic mass is 10.1. The van der Waals surface area contributed by atoms with Gasteiger partial charge in [-0.15, -0.1) is 11.3 Å². The van der Waals surface area contributed by atoms with Crippen molar-refractivity contribution in [2.75, 3.05) is 38.1 Å². The Morgan fingerprint density at radius 2 is 2.00 bits per heavy atom. The van der Waals surface area contributed by atoms with Crippen LogP contribution >= 0.6 is 11.3 Å². The molecule has 9 heteroatoms. The lowest BCUT2D eigenvalue weighted by Crippen LogP contribution is -2.46. The number of piperazine rings is 1. The van der Waals surface area contributed by atoms with Gasteiger partial charge in [0.25, 0.3) is 11.5 Å². The number of benzene rings is 1. The summed E-state index contributed by atoms with van der Waals surface area (Å²) in [6.07, 6.45) is 0. The lowest BCUT2D eigenvalue weighted by molar-refractivity contribution is 0.0958. The molecule has 3 aromatic heterocycles. The first-order chi connectivity index (χ1) is 15.9. The molecule has 0 spiro atoms. The van der Waals surface area contributed by atoms with Crippen molar-refractivity contribution in [1.29, 1.82) is 0 Å². The summed E-state index contributed by atoms with van der Waals surface area (Å²) in [6.45, 7) is 5.78. The molecule has 1 amide bonds. The van der Waals surface area contributed by atoms with E-state index in [0.717, 1.165) is 43.1 Å². The van der Waals surface area contributed by atoms with E-state index in [-0.39, 0.29) is 17.3 Å². The molecule has 1 aliphatic rings. The summed E-state index contributed by atoms with van der Waals surface area (Å²) >= 11 is 1.39. The van der Waals surface area contributed by atoms with Gasteiger partial charge in [-0.25, -0.2) is 9.37 Å². The average molecular weight is 466 g/mol. The standard InChI is InChI=1S/C24H24FN5O2S/c1-14-20(4-3-18(27-14)24(32)26-2)30-8-6-29(7-9-30)13-15-11-17(25)21-19(12-15)28-23(31)16-5-10-33-22(16)21/h3-5,10-12H,6-9,13H2,1-2H3,(H,26,32)(H,28,31). The molecule has 5 rings (SSSR count). The van der Waals surface area contributed by atoms with Gasteiger partial charge in [-0.05, 0) is 48.2 Å². The second-order valence-electron chi connectivity index (χ2n) is 8.26. The number of amides is 1. The molecule has 1 fully saturated rings. The molecular weight excluding hydrogens is 441 g/mol. The maximum Gasteiger partial charge on any atom is 0.269 e. The number of aromatic amines is 1. The van der Waals surface area contributed by atoms with E-state index in [4.69, 9.17) is 0 Å². The second kappa shape index (κ2) is 8.57. The number of H-pyrrole nitrogens is 1. The first-order valence-corrected chi connectivity index (χ1v) is 11.7. The molecule has 1 aromatic carbocycles. The number of carbonyl (C=O) groups excluding carboxylic acids is 1. The minimum atomic E-state index is -0.303. The van der Waals surface area contributed by atoms with Crippen molar-refractivity contribution in [2.45, 2.75) is 13.5 Å². The molecule has 33 heavy (non-hydrogen) atoms. The number of aryl methyl sites for hydroxylation is 1. The van der Waals surface area contributed by atoms with Gasteiger partial charge in [0.1, 0.15) is 11.5 Å². The van der Waals surface area contributed by atoms with Crippen LogP contribution in [-0.4, -0.2) is 54.0 Å². The van der Waals surface area contributed by atoms with Crippen molar-refractivity contribution in [3.05, 3.63) is 68.8 Å². The quantitative estimate of drug-likeness (QED) is 0.484. The number of nitrogens with zero attached hydrogens (tertiary/aromatic N) is 3. The van der Waals surface area contributed by atoms with Crippen LogP contribution in [0.3, 0.4) is 0 Å². The van der Waals surface area contributed by atoms with Crippen molar-refractivity contribution >= 4 is 43.9 Å². The maximum absolute atomic E-state index is 15.0. The number of rotatable bonds is 4. The van der Waals surface area contributed by atoms with Gasteiger partial charge in [-0.3, -0.25) is 14.5 Å². The molecule has 0 radical (unpaired) electrons. The Bertz CT molecular complexity index is 1420. The van der Waals surface area contributed by atoms with Crippen molar-refractivity contribution in [2.24, 2.45) is 0 Å². The molecule has 0 unspecified atom stereocenters. The molecule has 1 aliphatic heterocycles. The smallest absolute Gasteiger partial charge is 0.269 e. The number of hydrogen-bond acceptors (Lipinski definition) is 6. The fraction of sp³-hybridized carbons (Fsp3) is 0.292. The van der Waals surface area contributed by atoms with Gasteiger partial charge in [0.2, 0.25) is 0 Å². The van der Waals surface area contributed by atoms with E-state index in [1.165, 1.54) is 11.3 Å². The molecule has 0 atom stereocenters. The molecule has 4 heterocycles. The van der Waals surface area contributed by atoms with Crippen LogP contribution in [0, 0.1) is 12.7 Å². The summed E-state index contributed by atoms with van der Waals surface area (Å²) in [5.74, 6) is -0.499. The summed E-state index contributed by atoms with van der Waals surface area (Å²) < 4.78 is 15.7. The maximum atomic E-state index is 15.0. The minimum Gasteiger partial charge on any atom is -0.368 e. The zero-order valence-electron chi connectivity index (χ0n) is 18.4. The highest BCUT2D eigenvalue weighted by molar-refractivity contribution is 7.18. The van der Waals surface area contributed by atoms with E-state index in [1.54, 1.807) is 25.2 Å². The van der Waals surface area contributed by atoms with Gasteiger partial charge in [0, 0.05) is 39.8 Å². The van der Waals surface area contributed by atoms with Crippen molar-refractivity contribution in [3.8, 4) is 0 Å². The number of hydrogen-bond donors (Lipinski definition) is 2. The zero-order valence-corrected chi connectivity index (χ0v) is 19.3. The molecular formula is C24H24FN5O2S. The van der Waals surface area contributed by atoms with E-state index < -0.39 is 0 Å². The predicted molar refractivity (Wildman–Crippen MR) is 130 cm³/mol. The Morgan fingerprint density at radius 1 is 1.21 bits per heavy atom. The van der Waals surface area contributed by atoms with Crippen molar-refractivity contribution < 1.29 is 9.18 Å². The number of fused-ring (bicyclic) bond motifs is 3. The van der Waals surface area contributed by atoms with Gasteiger partial charge >= 0.3 is 0 Å². The number of anilines is 1. The van der Waals surface area contributed by atoms with Crippen LogP contribution in [0.15, 0.2) is 40.5 Å². The third kappa shape index (κ3) is 3.98. The molecule has 0 saturated carbocycles. The molecule has 1 saturated heterocycles. The highest BCUT2D eigenvalue weighted by Gasteiger charge is 2.21. The summed E-state index contributed by atoms with van der Waals surface area (Å²) in [5.41, 5.74) is 3.46. The predicted octanol–water partition coefficient (Wildman–Crippen LogP) is 3.27. The van der Waals surface area contributed by atoms with Gasteiger partial charge in [0.15, 0.2) is 0 Å². The number of pyridine rings is 2. The van der Waals surface area contributed by atoms with Crippen LogP contribution in [0.5, 0.6) is 0 Å². The lowest BCUT2D eigenvalue weighted by Gasteiger charge is -2.36. The van der Waals surface area contributed by atoms with Crippen molar-refractivity contribution in [1.82, 2.24) is 20.2 Å². The summed E-state index contributed by atoms with van der Waals surface area (Å²) in [5, 5.41) is 5.42. The second-order valence-corrected chi connectivity index (χ2v) is 9.18. The van der Waals surface area contributed by atoms with Gasteiger partial charge in [0.05, 0.1) is 32.4 Å². The van der Waals surface area contributed by atoms with Crippen LogP contribution < -0.4 is 15.8 Å². The zero-order chi connectivity index (χ0) is 23.1. The topological polar surface area (TPSA) is 81.3 Å². The van der Waals surface area contributed by atoms with Crippen LogP contribution in [0.1, 0.15) is 21.7 Å². The van der Waals surface area contributed by atoms with Crippen molar-refractivity contribution in [3.63, 3.8) is 0 Å². The average Bonchev–Trinajstić information content (AvgIpc) is 3.29. The number of nitrogens with one attached hydrogen (secondary N) is 2. The number of carbonyl (C=O) groups is 1. The normalized spacial score (nSPS) is 14.8. The Labute approximate surface area is 193 Å². The number of halogens is 1. The molecule has 4 aromatic rings. The SMILES string of the molecule is CNC(=O)c1ccc(N2CCN(Cc3cc(F)c4c(c3)[nH]c(=O)c3ccsc34)CC2)c(C)n1. The number of thiophene rings is 1. The Balaban J connectivity index is 1.31. The highest BCUT2D eigenvalue weighted by Crippen LogP contribution is 2.29. The van der Waals surface area contributed by atoms with E-state index in [1.807, 2.05) is 24.4 Å². The molecule has 0 bridgehead atoms. The third-order valence-electron chi connectivity index (χ3n) is 6.17. The molecule has 170 valence electrons. The molecule has 0 aliphatic carbocycles. The summed E-state index contributed by atoms with van der Waals surface area (Å²) in [4.78, 5) is 35.9. The van der Waals surface area contributed by atoms with E-state index in [9.17, 15) is 9.59 Å². The van der Waals surface area contributed by atoms with Gasteiger partial charge in [-0.2, -0.15) is 0 Å². The highest BCUT2D eigenvalue weighted by atomic mass is 32.1.